The van der Waals surface area contributed by atoms with E-state index in [2.05, 4.69) is 13.8 Å². The van der Waals surface area contributed by atoms with Crippen molar-refractivity contribution in [1.29, 1.82) is 0 Å². The number of fused-ring (bicyclic) bond motifs is 2. The SMILES string of the molecule is C[C@H]1C[C@@H]([C@@H]2C[C@@H]3CC[C@@H]2C3)[C@@H](O)[C@H](C)C1. The molecule has 3 aliphatic carbocycles. The summed E-state index contributed by atoms with van der Waals surface area (Å²) in [5.41, 5.74) is 0. The van der Waals surface area contributed by atoms with Gasteiger partial charge in [0.25, 0.3) is 0 Å². The number of hydrogen-bond acceptors (Lipinski definition) is 1. The highest BCUT2D eigenvalue weighted by Crippen LogP contribution is 2.54. The quantitative estimate of drug-likeness (QED) is 0.720. The van der Waals surface area contributed by atoms with Gasteiger partial charge in [0.15, 0.2) is 0 Å². The lowest BCUT2D eigenvalue weighted by Gasteiger charge is -2.42. The first-order valence-corrected chi connectivity index (χ1v) is 7.33. The molecule has 16 heavy (non-hydrogen) atoms. The normalized spacial score (nSPS) is 56.8. The van der Waals surface area contributed by atoms with Crippen LogP contribution in [0.1, 0.15) is 52.4 Å². The standard InChI is InChI=1S/C15H26O/c1-9-5-10(2)15(16)14(6-9)13-8-11-3-4-12(13)7-11/h9-16H,3-8H2,1-2H3/t9-,10-,11-,12-,13-,14+,15+/m1/s1. The summed E-state index contributed by atoms with van der Waals surface area (Å²) in [6, 6.07) is 0. The lowest BCUT2D eigenvalue weighted by Crippen LogP contribution is -2.40. The Hall–Kier alpha value is -0.0400. The van der Waals surface area contributed by atoms with Gasteiger partial charge in [0, 0.05) is 0 Å². The van der Waals surface area contributed by atoms with Gasteiger partial charge in [-0.15, -0.1) is 0 Å². The Labute approximate surface area is 99.6 Å². The summed E-state index contributed by atoms with van der Waals surface area (Å²) in [5, 5.41) is 10.4. The minimum atomic E-state index is 0.000509. The van der Waals surface area contributed by atoms with Gasteiger partial charge in [-0.05, 0) is 67.6 Å². The van der Waals surface area contributed by atoms with E-state index in [1.54, 1.807) is 0 Å². The highest BCUT2D eigenvalue weighted by molar-refractivity contribution is 4.97. The third-order valence-corrected chi connectivity index (χ3v) is 5.81. The molecular weight excluding hydrogens is 196 g/mol. The van der Waals surface area contributed by atoms with Gasteiger partial charge >= 0.3 is 0 Å². The van der Waals surface area contributed by atoms with Gasteiger partial charge in [0.1, 0.15) is 0 Å². The molecule has 7 atom stereocenters. The number of aliphatic hydroxyl groups is 1. The van der Waals surface area contributed by atoms with Gasteiger partial charge in [-0.25, -0.2) is 0 Å². The van der Waals surface area contributed by atoms with E-state index < -0.39 is 0 Å². The van der Waals surface area contributed by atoms with Gasteiger partial charge < -0.3 is 5.11 Å². The first-order chi connectivity index (χ1) is 7.65. The summed E-state index contributed by atoms with van der Waals surface area (Å²) in [5.74, 6) is 4.88. The van der Waals surface area contributed by atoms with Crippen LogP contribution in [0.15, 0.2) is 0 Å². The zero-order valence-electron chi connectivity index (χ0n) is 10.7. The first-order valence-electron chi connectivity index (χ1n) is 7.33. The van der Waals surface area contributed by atoms with Crippen molar-refractivity contribution in [2.75, 3.05) is 0 Å². The van der Waals surface area contributed by atoms with E-state index in [0.717, 1.165) is 23.7 Å². The van der Waals surface area contributed by atoms with Crippen LogP contribution in [0.25, 0.3) is 0 Å². The fourth-order valence-corrected chi connectivity index (χ4v) is 5.14. The zero-order valence-corrected chi connectivity index (χ0v) is 10.7. The molecular formula is C15H26O. The van der Waals surface area contributed by atoms with Crippen molar-refractivity contribution in [2.24, 2.45) is 35.5 Å². The molecule has 1 N–H and O–H groups in total. The van der Waals surface area contributed by atoms with Gasteiger partial charge in [-0.1, -0.05) is 20.3 Å². The van der Waals surface area contributed by atoms with E-state index in [-0.39, 0.29) is 6.10 Å². The topological polar surface area (TPSA) is 20.2 Å². The molecule has 0 unspecified atom stereocenters. The van der Waals surface area contributed by atoms with Gasteiger partial charge in [-0.3, -0.25) is 0 Å². The molecule has 1 heteroatoms. The Bertz CT molecular complexity index is 262. The van der Waals surface area contributed by atoms with Crippen molar-refractivity contribution < 1.29 is 5.11 Å². The molecule has 3 fully saturated rings. The number of rotatable bonds is 1. The Kier molecular flexibility index (Phi) is 2.78. The monoisotopic (exact) mass is 222 g/mol. The van der Waals surface area contributed by atoms with E-state index in [0.29, 0.717) is 11.8 Å². The third kappa shape index (κ3) is 1.72. The van der Waals surface area contributed by atoms with Crippen molar-refractivity contribution in [2.45, 2.75) is 58.5 Å². The number of aliphatic hydroxyl groups excluding tert-OH is 1. The van der Waals surface area contributed by atoms with Crippen molar-refractivity contribution in [1.82, 2.24) is 0 Å². The fourth-order valence-electron chi connectivity index (χ4n) is 5.14. The number of hydrogen-bond donors (Lipinski definition) is 1. The molecule has 92 valence electrons. The van der Waals surface area contributed by atoms with E-state index in [1.165, 1.54) is 38.5 Å². The largest absolute Gasteiger partial charge is 0.393 e. The summed E-state index contributed by atoms with van der Waals surface area (Å²) in [7, 11) is 0. The molecule has 0 radical (unpaired) electrons. The smallest absolute Gasteiger partial charge is 0.0596 e. The fraction of sp³-hybridized carbons (Fsp3) is 1.00. The van der Waals surface area contributed by atoms with E-state index in [1.807, 2.05) is 0 Å². The van der Waals surface area contributed by atoms with Crippen LogP contribution in [-0.4, -0.2) is 11.2 Å². The summed E-state index contributed by atoms with van der Waals surface area (Å²) >= 11 is 0. The maximum atomic E-state index is 10.4. The molecule has 3 aliphatic rings. The lowest BCUT2D eigenvalue weighted by atomic mass is 9.66. The van der Waals surface area contributed by atoms with Gasteiger partial charge in [-0.2, -0.15) is 0 Å². The highest BCUT2D eigenvalue weighted by Gasteiger charge is 2.47. The molecule has 0 heterocycles. The van der Waals surface area contributed by atoms with Crippen molar-refractivity contribution in [3.8, 4) is 0 Å². The minimum Gasteiger partial charge on any atom is -0.393 e. The van der Waals surface area contributed by atoms with Crippen molar-refractivity contribution in [3.05, 3.63) is 0 Å². The van der Waals surface area contributed by atoms with Crippen LogP contribution in [0, 0.1) is 35.5 Å². The van der Waals surface area contributed by atoms with Gasteiger partial charge in [0.05, 0.1) is 6.10 Å². The molecule has 3 rings (SSSR count). The van der Waals surface area contributed by atoms with Crippen LogP contribution in [0.3, 0.4) is 0 Å². The van der Waals surface area contributed by atoms with Crippen LogP contribution < -0.4 is 0 Å². The van der Waals surface area contributed by atoms with Crippen LogP contribution >= 0.6 is 0 Å². The summed E-state index contributed by atoms with van der Waals surface area (Å²) in [6.07, 6.45) is 8.39. The molecule has 2 bridgehead atoms. The van der Waals surface area contributed by atoms with Crippen LogP contribution in [0.5, 0.6) is 0 Å². The Balaban J connectivity index is 1.73. The van der Waals surface area contributed by atoms with Crippen molar-refractivity contribution >= 4 is 0 Å². The average Bonchev–Trinajstić information content (AvgIpc) is 2.84. The van der Waals surface area contributed by atoms with Crippen LogP contribution in [0.2, 0.25) is 0 Å². The Morgan fingerprint density at radius 1 is 0.875 bits per heavy atom. The molecule has 3 saturated carbocycles. The lowest BCUT2D eigenvalue weighted by molar-refractivity contribution is -0.0312. The summed E-state index contributed by atoms with van der Waals surface area (Å²) < 4.78 is 0. The molecule has 0 aromatic rings. The Morgan fingerprint density at radius 2 is 1.69 bits per heavy atom. The van der Waals surface area contributed by atoms with Crippen LogP contribution in [0.4, 0.5) is 0 Å². The molecule has 0 amide bonds. The van der Waals surface area contributed by atoms with E-state index >= 15 is 0 Å². The molecule has 0 aromatic heterocycles. The molecule has 0 spiro atoms. The highest BCUT2D eigenvalue weighted by atomic mass is 16.3. The molecule has 1 nitrogen and oxygen atoms in total. The second-order valence-corrected chi connectivity index (χ2v) is 7.05. The average molecular weight is 222 g/mol. The molecule has 0 saturated heterocycles. The van der Waals surface area contributed by atoms with Crippen LogP contribution in [-0.2, 0) is 0 Å². The van der Waals surface area contributed by atoms with E-state index in [4.69, 9.17) is 0 Å². The maximum Gasteiger partial charge on any atom is 0.0596 e. The first kappa shape index (κ1) is 11.1. The summed E-state index contributed by atoms with van der Waals surface area (Å²) in [6.45, 7) is 4.63. The van der Waals surface area contributed by atoms with Gasteiger partial charge in [0.2, 0.25) is 0 Å². The predicted octanol–water partition coefficient (Wildman–Crippen LogP) is 3.47. The third-order valence-electron chi connectivity index (χ3n) is 5.81. The molecule has 0 aliphatic heterocycles. The zero-order chi connectivity index (χ0) is 11.3. The molecule has 0 aromatic carbocycles. The van der Waals surface area contributed by atoms with Crippen molar-refractivity contribution in [3.63, 3.8) is 0 Å². The Morgan fingerprint density at radius 3 is 2.31 bits per heavy atom. The summed E-state index contributed by atoms with van der Waals surface area (Å²) in [4.78, 5) is 0. The second kappa shape index (κ2) is 4.01. The minimum absolute atomic E-state index is 0.000509. The second-order valence-electron chi connectivity index (χ2n) is 7.05. The predicted molar refractivity (Wildman–Crippen MR) is 66.0 cm³/mol. The van der Waals surface area contributed by atoms with E-state index in [9.17, 15) is 5.11 Å². The maximum absolute atomic E-state index is 10.4.